The molecule has 0 bridgehead atoms. The molecule has 1 heterocycles. The van der Waals surface area contributed by atoms with Crippen molar-refractivity contribution in [2.45, 2.75) is 25.4 Å². The third kappa shape index (κ3) is 4.85. The van der Waals surface area contributed by atoms with Gasteiger partial charge in [-0.25, -0.2) is 0 Å². The fourth-order valence-electron chi connectivity index (χ4n) is 2.34. The predicted octanol–water partition coefficient (Wildman–Crippen LogP) is 2.97. The number of likely N-dealkylation sites (N-methyl/N-ethyl adjacent to an activating group) is 1. The van der Waals surface area contributed by atoms with Gasteiger partial charge in [0, 0.05) is 22.3 Å². The van der Waals surface area contributed by atoms with E-state index >= 15 is 0 Å². The first-order valence-corrected chi connectivity index (χ1v) is 7.82. The van der Waals surface area contributed by atoms with Crippen LogP contribution in [0.25, 0.3) is 0 Å². The molecule has 0 radical (unpaired) electrons. The average Bonchev–Trinajstić information content (AvgIpc) is 2.40. The van der Waals surface area contributed by atoms with Crippen molar-refractivity contribution in [3.05, 3.63) is 33.4 Å². The zero-order valence-corrected chi connectivity index (χ0v) is 13.4. The number of carbonyl (C=O) groups excluding carboxylic acids is 1. The Kier molecular flexibility index (Phi) is 5.78. The Bertz CT molecular complexity index is 413. The molecule has 4 heteroatoms. The summed E-state index contributed by atoms with van der Waals surface area (Å²) in [6.45, 7) is 2.17. The Morgan fingerprint density at radius 1 is 1.37 bits per heavy atom. The summed E-state index contributed by atoms with van der Waals surface area (Å²) in [7, 11) is 1.99. The van der Waals surface area contributed by atoms with Crippen LogP contribution in [-0.2, 0) is 4.74 Å². The van der Waals surface area contributed by atoms with Crippen LogP contribution in [0.1, 0.15) is 29.6 Å². The van der Waals surface area contributed by atoms with E-state index in [9.17, 15) is 4.79 Å². The third-order valence-electron chi connectivity index (χ3n) is 3.37. The third-order valence-corrected chi connectivity index (χ3v) is 4.09. The number of ketones is 1. The van der Waals surface area contributed by atoms with Crippen molar-refractivity contribution in [1.29, 1.82) is 0 Å². The largest absolute Gasteiger partial charge is 0.377 e. The zero-order valence-electron chi connectivity index (χ0n) is 11.3. The standard InChI is InChI=1S/C15H20INO2/c1-17(10-14-4-2-3-9-19-14)11-15(18)12-5-7-13(16)8-6-12/h5-8,14H,2-4,9-11H2,1H3. The topological polar surface area (TPSA) is 29.5 Å². The number of carbonyl (C=O) groups is 1. The second-order valence-corrected chi connectivity index (χ2v) is 6.36. The lowest BCUT2D eigenvalue weighted by Gasteiger charge is -2.27. The number of ether oxygens (including phenoxy) is 1. The Balaban J connectivity index is 1.82. The molecule has 1 atom stereocenters. The minimum Gasteiger partial charge on any atom is -0.377 e. The van der Waals surface area contributed by atoms with Crippen LogP contribution in [-0.4, -0.2) is 43.5 Å². The van der Waals surface area contributed by atoms with Gasteiger partial charge in [-0.1, -0.05) is 12.1 Å². The van der Waals surface area contributed by atoms with Crippen molar-refractivity contribution < 1.29 is 9.53 Å². The van der Waals surface area contributed by atoms with Crippen molar-refractivity contribution >= 4 is 28.4 Å². The molecule has 1 aliphatic heterocycles. The lowest BCUT2D eigenvalue weighted by Crippen LogP contribution is -2.36. The molecular weight excluding hydrogens is 353 g/mol. The summed E-state index contributed by atoms with van der Waals surface area (Å²) >= 11 is 2.24. The van der Waals surface area contributed by atoms with Crippen molar-refractivity contribution in [1.82, 2.24) is 4.90 Å². The molecule has 0 aliphatic carbocycles. The van der Waals surface area contributed by atoms with Gasteiger partial charge in [-0.2, -0.15) is 0 Å². The lowest BCUT2D eigenvalue weighted by atomic mass is 10.1. The minimum absolute atomic E-state index is 0.176. The first kappa shape index (κ1) is 14.9. The van der Waals surface area contributed by atoms with Crippen molar-refractivity contribution in [3.8, 4) is 0 Å². The summed E-state index contributed by atoms with van der Waals surface area (Å²) in [5.74, 6) is 0.176. The predicted molar refractivity (Wildman–Crippen MR) is 84.6 cm³/mol. The first-order chi connectivity index (χ1) is 9.15. The summed E-state index contributed by atoms with van der Waals surface area (Å²) < 4.78 is 6.85. The highest BCUT2D eigenvalue weighted by molar-refractivity contribution is 14.1. The van der Waals surface area contributed by atoms with E-state index in [1.807, 2.05) is 31.3 Å². The second kappa shape index (κ2) is 7.36. The van der Waals surface area contributed by atoms with Crippen molar-refractivity contribution in [2.24, 2.45) is 0 Å². The molecule has 1 aliphatic rings. The Morgan fingerprint density at radius 2 is 2.11 bits per heavy atom. The van der Waals surface area contributed by atoms with Gasteiger partial charge in [-0.3, -0.25) is 9.69 Å². The average molecular weight is 373 g/mol. The van der Waals surface area contributed by atoms with Crippen LogP contribution in [0.5, 0.6) is 0 Å². The summed E-state index contributed by atoms with van der Waals surface area (Å²) in [6, 6.07) is 7.74. The molecule has 1 unspecified atom stereocenters. The summed E-state index contributed by atoms with van der Waals surface area (Å²) in [5, 5.41) is 0. The summed E-state index contributed by atoms with van der Waals surface area (Å²) in [6.07, 6.45) is 3.82. The van der Waals surface area contributed by atoms with E-state index in [0.29, 0.717) is 12.6 Å². The number of Topliss-reactive ketones (excluding diaryl/α,β-unsaturated/α-hetero) is 1. The molecule has 0 amide bonds. The van der Waals surface area contributed by atoms with Gasteiger partial charge in [-0.05, 0) is 61.0 Å². The minimum atomic E-state index is 0.176. The molecule has 2 rings (SSSR count). The fraction of sp³-hybridized carbons (Fsp3) is 0.533. The molecular formula is C15H20INO2. The van der Waals surface area contributed by atoms with E-state index in [1.54, 1.807) is 0 Å². The van der Waals surface area contributed by atoms with E-state index in [0.717, 1.165) is 28.7 Å². The van der Waals surface area contributed by atoms with Gasteiger partial charge >= 0.3 is 0 Å². The quantitative estimate of drug-likeness (QED) is 0.587. The highest BCUT2D eigenvalue weighted by Gasteiger charge is 2.17. The molecule has 1 saturated heterocycles. The molecule has 0 saturated carbocycles. The number of nitrogens with zero attached hydrogens (tertiary/aromatic N) is 1. The molecule has 1 aromatic rings. The van der Waals surface area contributed by atoms with Crippen LogP contribution in [0.4, 0.5) is 0 Å². The number of rotatable bonds is 5. The molecule has 1 aromatic carbocycles. The molecule has 0 spiro atoms. The van der Waals surface area contributed by atoms with E-state index in [4.69, 9.17) is 4.74 Å². The normalized spacial score (nSPS) is 19.6. The van der Waals surface area contributed by atoms with E-state index in [2.05, 4.69) is 27.5 Å². The smallest absolute Gasteiger partial charge is 0.176 e. The van der Waals surface area contributed by atoms with Crippen LogP contribution >= 0.6 is 22.6 Å². The first-order valence-electron chi connectivity index (χ1n) is 6.74. The highest BCUT2D eigenvalue weighted by atomic mass is 127. The Labute approximate surface area is 128 Å². The molecule has 3 nitrogen and oxygen atoms in total. The number of halogens is 1. The van der Waals surface area contributed by atoms with Crippen LogP contribution in [0, 0.1) is 3.57 Å². The Morgan fingerprint density at radius 3 is 2.74 bits per heavy atom. The molecule has 104 valence electrons. The summed E-state index contributed by atoms with van der Waals surface area (Å²) in [5.41, 5.74) is 0.789. The van der Waals surface area contributed by atoms with Gasteiger partial charge in [0.1, 0.15) is 0 Å². The van der Waals surface area contributed by atoms with Crippen LogP contribution in [0.15, 0.2) is 24.3 Å². The van der Waals surface area contributed by atoms with Gasteiger partial charge in [0.05, 0.1) is 12.6 Å². The molecule has 0 N–H and O–H groups in total. The molecule has 1 fully saturated rings. The van der Waals surface area contributed by atoms with Crippen LogP contribution in [0.2, 0.25) is 0 Å². The number of benzene rings is 1. The van der Waals surface area contributed by atoms with E-state index < -0.39 is 0 Å². The van der Waals surface area contributed by atoms with E-state index in [-0.39, 0.29) is 5.78 Å². The SMILES string of the molecule is CN(CC(=O)c1ccc(I)cc1)CC1CCCCO1. The second-order valence-electron chi connectivity index (χ2n) is 5.12. The maximum Gasteiger partial charge on any atom is 0.176 e. The van der Waals surface area contributed by atoms with E-state index in [1.165, 1.54) is 12.8 Å². The van der Waals surface area contributed by atoms with Gasteiger partial charge < -0.3 is 4.74 Å². The fourth-order valence-corrected chi connectivity index (χ4v) is 2.70. The monoisotopic (exact) mass is 373 g/mol. The molecule has 19 heavy (non-hydrogen) atoms. The van der Waals surface area contributed by atoms with Gasteiger partial charge in [0.2, 0.25) is 0 Å². The maximum absolute atomic E-state index is 12.1. The zero-order chi connectivity index (χ0) is 13.7. The van der Waals surface area contributed by atoms with Crippen molar-refractivity contribution in [2.75, 3.05) is 26.7 Å². The lowest BCUT2D eigenvalue weighted by molar-refractivity contribution is -0.000668. The maximum atomic E-state index is 12.1. The highest BCUT2D eigenvalue weighted by Crippen LogP contribution is 2.14. The Hall–Kier alpha value is -0.460. The summed E-state index contributed by atoms with van der Waals surface area (Å²) in [4.78, 5) is 14.2. The van der Waals surface area contributed by atoms with Crippen LogP contribution < -0.4 is 0 Å². The van der Waals surface area contributed by atoms with Crippen LogP contribution in [0.3, 0.4) is 0 Å². The number of hydrogen-bond acceptors (Lipinski definition) is 3. The van der Waals surface area contributed by atoms with Gasteiger partial charge in [0.15, 0.2) is 5.78 Å². The number of hydrogen-bond donors (Lipinski definition) is 0. The van der Waals surface area contributed by atoms with Gasteiger partial charge in [0.25, 0.3) is 0 Å². The van der Waals surface area contributed by atoms with Gasteiger partial charge in [-0.15, -0.1) is 0 Å². The van der Waals surface area contributed by atoms with Crippen molar-refractivity contribution in [3.63, 3.8) is 0 Å². The molecule has 0 aromatic heterocycles.